The van der Waals surface area contributed by atoms with Crippen LogP contribution in [0.5, 0.6) is 5.75 Å². The second-order valence-electron chi connectivity index (χ2n) is 4.54. The molecule has 0 aliphatic rings. The molecule has 0 radical (unpaired) electrons. The van der Waals surface area contributed by atoms with Crippen LogP contribution < -0.4 is 10.1 Å². The van der Waals surface area contributed by atoms with Gasteiger partial charge in [0.05, 0.1) is 13.5 Å². The van der Waals surface area contributed by atoms with Gasteiger partial charge in [-0.2, -0.15) is 13.2 Å². The van der Waals surface area contributed by atoms with Crippen molar-refractivity contribution in [1.82, 2.24) is 5.32 Å². The van der Waals surface area contributed by atoms with Crippen LogP contribution in [0.15, 0.2) is 24.3 Å². The number of rotatable bonds is 5. The number of alkyl halides is 3. The van der Waals surface area contributed by atoms with Crippen molar-refractivity contribution >= 4 is 5.91 Å². The lowest BCUT2D eigenvalue weighted by Crippen LogP contribution is -2.46. The molecule has 1 aromatic rings. The molecule has 2 N–H and O–H groups in total. The molecule has 0 aliphatic heterocycles. The van der Waals surface area contributed by atoms with Crippen molar-refractivity contribution in [3.8, 4) is 5.75 Å². The smallest absolute Gasteiger partial charge is 0.417 e. The van der Waals surface area contributed by atoms with Gasteiger partial charge in [0.15, 0.2) is 5.60 Å². The van der Waals surface area contributed by atoms with Gasteiger partial charge >= 0.3 is 6.18 Å². The van der Waals surface area contributed by atoms with E-state index in [0.717, 1.165) is 0 Å². The molecule has 0 aliphatic carbocycles. The van der Waals surface area contributed by atoms with Crippen molar-refractivity contribution in [2.45, 2.75) is 31.7 Å². The number of aliphatic hydroxyl groups is 1. The first-order valence-corrected chi connectivity index (χ1v) is 5.85. The molecule has 0 aromatic heterocycles. The highest BCUT2D eigenvalue weighted by Crippen LogP contribution is 2.32. The summed E-state index contributed by atoms with van der Waals surface area (Å²) in [5.41, 5.74) is -2.41. The van der Waals surface area contributed by atoms with E-state index in [-0.39, 0.29) is 6.54 Å². The Bertz CT molecular complexity index is 472. The van der Waals surface area contributed by atoms with Gasteiger partial charge in [-0.05, 0) is 13.0 Å². The lowest BCUT2D eigenvalue weighted by atomic mass is 10.0. The Morgan fingerprint density at radius 2 is 1.95 bits per heavy atom. The van der Waals surface area contributed by atoms with Crippen molar-refractivity contribution in [2.75, 3.05) is 7.11 Å². The molecule has 7 heteroatoms. The molecule has 0 saturated carbocycles. The average molecular weight is 291 g/mol. The lowest BCUT2D eigenvalue weighted by Gasteiger charge is -2.25. The van der Waals surface area contributed by atoms with Gasteiger partial charge < -0.3 is 15.2 Å². The average Bonchev–Trinajstić information content (AvgIpc) is 2.34. The summed E-state index contributed by atoms with van der Waals surface area (Å²) < 4.78 is 42.3. The SMILES string of the molecule is COc1ccccc1CNC(=O)C[C@](C)(O)C(F)(F)F. The van der Waals surface area contributed by atoms with Crippen LogP contribution >= 0.6 is 0 Å². The summed E-state index contributed by atoms with van der Waals surface area (Å²) in [4.78, 5) is 11.5. The molecule has 0 bridgehead atoms. The van der Waals surface area contributed by atoms with E-state index in [0.29, 0.717) is 18.2 Å². The summed E-state index contributed by atoms with van der Waals surface area (Å²) in [6, 6.07) is 6.81. The fraction of sp³-hybridized carbons (Fsp3) is 0.462. The number of para-hydroxylation sites is 1. The first-order valence-electron chi connectivity index (χ1n) is 5.85. The van der Waals surface area contributed by atoms with Crippen LogP contribution in [-0.2, 0) is 11.3 Å². The van der Waals surface area contributed by atoms with E-state index in [1.165, 1.54) is 7.11 Å². The summed E-state index contributed by atoms with van der Waals surface area (Å²) >= 11 is 0. The number of carbonyl (C=O) groups is 1. The number of nitrogens with one attached hydrogen (secondary N) is 1. The Labute approximate surface area is 114 Å². The van der Waals surface area contributed by atoms with Crippen molar-refractivity contribution in [1.29, 1.82) is 0 Å². The van der Waals surface area contributed by atoms with Gasteiger partial charge in [-0.3, -0.25) is 4.79 Å². The van der Waals surface area contributed by atoms with Gasteiger partial charge in [0.2, 0.25) is 5.91 Å². The minimum Gasteiger partial charge on any atom is -0.496 e. The molecule has 20 heavy (non-hydrogen) atoms. The summed E-state index contributed by atoms with van der Waals surface area (Å²) in [6.07, 6.45) is -5.90. The zero-order valence-corrected chi connectivity index (χ0v) is 11.1. The number of amides is 1. The Kier molecular flexibility index (Phi) is 4.99. The predicted octanol–water partition coefficient (Wildman–Crippen LogP) is 2.01. The molecule has 1 aromatic carbocycles. The second-order valence-corrected chi connectivity index (χ2v) is 4.54. The largest absolute Gasteiger partial charge is 0.496 e. The molecule has 0 saturated heterocycles. The maximum absolute atomic E-state index is 12.4. The maximum Gasteiger partial charge on any atom is 0.417 e. The van der Waals surface area contributed by atoms with Gasteiger partial charge in [0.1, 0.15) is 5.75 Å². The van der Waals surface area contributed by atoms with Crippen LogP contribution in [0.3, 0.4) is 0 Å². The number of benzene rings is 1. The van der Waals surface area contributed by atoms with E-state index in [1.54, 1.807) is 24.3 Å². The van der Waals surface area contributed by atoms with E-state index >= 15 is 0 Å². The molecule has 1 amide bonds. The zero-order valence-electron chi connectivity index (χ0n) is 11.1. The Morgan fingerprint density at radius 3 is 2.50 bits per heavy atom. The molecular weight excluding hydrogens is 275 g/mol. The van der Waals surface area contributed by atoms with Crippen molar-refractivity contribution in [3.63, 3.8) is 0 Å². The van der Waals surface area contributed by atoms with Gasteiger partial charge in [-0.1, -0.05) is 18.2 Å². The van der Waals surface area contributed by atoms with Crippen molar-refractivity contribution in [2.24, 2.45) is 0 Å². The van der Waals surface area contributed by atoms with E-state index in [9.17, 15) is 23.1 Å². The predicted molar refractivity (Wildman–Crippen MR) is 66.1 cm³/mol. The van der Waals surface area contributed by atoms with Crippen molar-refractivity contribution in [3.05, 3.63) is 29.8 Å². The van der Waals surface area contributed by atoms with Gasteiger partial charge in [-0.15, -0.1) is 0 Å². The summed E-state index contributed by atoms with van der Waals surface area (Å²) in [6.45, 7) is 0.590. The quantitative estimate of drug-likeness (QED) is 0.872. The van der Waals surface area contributed by atoms with Crippen LogP contribution in [0, 0.1) is 0 Å². The van der Waals surface area contributed by atoms with E-state index in [1.807, 2.05) is 0 Å². The highest BCUT2D eigenvalue weighted by molar-refractivity contribution is 5.77. The molecule has 0 heterocycles. The van der Waals surface area contributed by atoms with Crippen molar-refractivity contribution < 1.29 is 27.8 Å². The maximum atomic E-state index is 12.4. The minimum absolute atomic E-state index is 0.0246. The first kappa shape index (κ1) is 16.3. The molecule has 1 atom stereocenters. The van der Waals surface area contributed by atoms with Gasteiger partial charge in [-0.25, -0.2) is 0 Å². The number of carbonyl (C=O) groups excluding carboxylic acids is 1. The second kappa shape index (κ2) is 6.13. The molecular formula is C13H16F3NO3. The van der Waals surface area contributed by atoms with E-state index in [2.05, 4.69) is 5.32 Å². The summed E-state index contributed by atoms with van der Waals surface area (Å²) in [7, 11) is 1.45. The first-order chi connectivity index (χ1) is 9.17. The number of halogens is 3. The minimum atomic E-state index is -4.85. The molecule has 0 spiro atoms. The van der Waals surface area contributed by atoms with E-state index < -0.39 is 24.1 Å². The topological polar surface area (TPSA) is 58.6 Å². The third kappa shape index (κ3) is 4.12. The van der Waals surface area contributed by atoms with Gasteiger partial charge in [0, 0.05) is 12.1 Å². The third-order valence-electron chi connectivity index (χ3n) is 2.78. The summed E-state index contributed by atoms with van der Waals surface area (Å²) in [5, 5.41) is 11.5. The monoisotopic (exact) mass is 291 g/mol. The fourth-order valence-electron chi connectivity index (χ4n) is 1.52. The number of hydrogen-bond acceptors (Lipinski definition) is 3. The number of hydrogen-bond donors (Lipinski definition) is 2. The number of ether oxygens (including phenoxy) is 1. The van der Waals surface area contributed by atoms with Crippen LogP contribution in [0.4, 0.5) is 13.2 Å². The van der Waals surface area contributed by atoms with Gasteiger partial charge in [0.25, 0.3) is 0 Å². The molecule has 1 rings (SSSR count). The fourth-order valence-corrected chi connectivity index (χ4v) is 1.52. The molecule has 4 nitrogen and oxygen atoms in total. The lowest BCUT2D eigenvalue weighted by molar-refractivity contribution is -0.253. The third-order valence-corrected chi connectivity index (χ3v) is 2.78. The normalized spacial score (nSPS) is 14.5. The highest BCUT2D eigenvalue weighted by Gasteiger charge is 2.50. The molecule has 0 fully saturated rings. The zero-order chi connectivity index (χ0) is 15.4. The molecule has 0 unspecified atom stereocenters. The summed E-state index contributed by atoms with van der Waals surface area (Å²) in [5.74, 6) is -0.367. The Hall–Kier alpha value is -1.76. The van der Waals surface area contributed by atoms with Crippen LogP contribution in [0.2, 0.25) is 0 Å². The van der Waals surface area contributed by atoms with Crippen LogP contribution in [0.25, 0.3) is 0 Å². The molecule has 112 valence electrons. The van der Waals surface area contributed by atoms with Crippen LogP contribution in [0.1, 0.15) is 18.9 Å². The number of methoxy groups -OCH3 is 1. The Morgan fingerprint density at radius 1 is 1.35 bits per heavy atom. The van der Waals surface area contributed by atoms with Crippen LogP contribution in [-0.4, -0.2) is 29.9 Å². The Balaban J connectivity index is 2.60. The van der Waals surface area contributed by atoms with E-state index in [4.69, 9.17) is 4.74 Å². The standard InChI is InChI=1S/C13H16F3NO3/c1-12(19,13(14,15)16)7-11(18)17-8-9-5-3-4-6-10(9)20-2/h3-6,19H,7-8H2,1-2H3,(H,17,18)/t12-/m0/s1. The highest BCUT2D eigenvalue weighted by atomic mass is 19.4.